The van der Waals surface area contributed by atoms with Crippen molar-refractivity contribution in [2.24, 2.45) is 0 Å². The summed E-state index contributed by atoms with van der Waals surface area (Å²) in [5.74, 6) is 0. The average Bonchev–Trinajstić information content (AvgIpc) is 2.33. The van der Waals surface area contributed by atoms with Gasteiger partial charge >= 0.3 is 0 Å². The third kappa shape index (κ3) is 2.49. The van der Waals surface area contributed by atoms with E-state index in [0.717, 1.165) is 38.0 Å². The summed E-state index contributed by atoms with van der Waals surface area (Å²) in [6, 6.07) is 12.3. The molecule has 0 aromatic heterocycles. The first-order valence-electron chi connectivity index (χ1n) is 5.81. The van der Waals surface area contributed by atoms with Crippen molar-refractivity contribution in [3.8, 4) is 0 Å². The Labute approximate surface area is 116 Å². The Morgan fingerprint density at radius 2 is 1.83 bits per heavy atom. The largest absolute Gasteiger partial charge is 0.399 e. The Hall–Kier alpha value is -1.54. The SMILES string of the molecule is C=C(c1cccc(Br)c1)c1cc(C)c(N)cc1C. The van der Waals surface area contributed by atoms with Crippen LogP contribution in [0.4, 0.5) is 5.69 Å². The summed E-state index contributed by atoms with van der Waals surface area (Å²) in [4.78, 5) is 0. The Kier molecular flexibility index (Phi) is 3.58. The van der Waals surface area contributed by atoms with Crippen molar-refractivity contribution in [1.82, 2.24) is 0 Å². The molecule has 0 atom stereocenters. The Balaban J connectivity index is 2.49. The maximum atomic E-state index is 5.92. The molecule has 18 heavy (non-hydrogen) atoms. The van der Waals surface area contributed by atoms with Crippen molar-refractivity contribution in [1.29, 1.82) is 0 Å². The highest BCUT2D eigenvalue weighted by atomic mass is 79.9. The van der Waals surface area contributed by atoms with E-state index >= 15 is 0 Å². The molecule has 2 aromatic rings. The lowest BCUT2D eigenvalue weighted by molar-refractivity contribution is 1.36. The lowest BCUT2D eigenvalue weighted by atomic mass is 9.94. The van der Waals surface area contributed by atoms with Gasteiger partial charge in [-0.25, -0.2) is 0 Å². The van der Waals surface area contributed by atoms with Crippen molar-refractivity contribution in [2.45, 2.75) is 13.8 Å². The highest BCUT2D eigenvalue weighted by Gasteiger charge is 2.08. The summed E-state index contributed by atoms with van der Waals surface area (Å²) in [6.07, 6.45) is 0. The molecular weight excluding hydrogens is 286 g/mol. The van der Waals surface area contributed by atoms with Crippen LogP contribution in [0.2, 0.25) is 0 Å². The minimum Gasteiger partial charge on any atom is -0.399 e. The molecule has 0 amide bonds. The number of aryl methyl sites for hydroxylation is 2. The van der Waals surface area contributed by atoms with Gasteiger partial charge < -0.3 is 5.73 Å². The van der Waals surface area contributed by atoms with Gasteiger partial charge in [0.15, 0.2) is 0 Å². The number of benzene rings is 2. The number of anilines is 1. The fourth-order valence-electron chi connectivity index (χ4n) is 2.00. The second kappa shape index (κ2) is 4.99. The van der Waals surface area contributed by atoms with Gasteiger partial charge in [-0.1, -0.05) is 34.6 Å². The fraction of sp³-hybridized carbons (Fsp3) is 0.125. The standard InChI is InChI=1S/C16H16BrN/c1-10-8-16(18)11(2)7-15(10)12(3)13-5-4-6-14(17)9-13/h4-9H,3,18H2,1-2H3. The smallest absolute Gasteiger partial charge is 0.0346 e. The number of hydrogen-bond acceptors (Lipinski definition) is 1. The summed E-state index contributed by atoms with van der Waals surface area (Å²) in [7, 11) is 0. The quantitative estimate of drug-likeness (QED) is 0.799. The van der Waals surface area contributed by atoms with Gasteiger partial charge in [0.05, 0.1) is 0 Å². The molecule has 2 rings (SSSR count). The van der Waals surface area contributed by atoms with Crippen LogP contribution in [-0.4, -0.2) is 0 Å². The molecule has 2 N–H and O–H groups in total. The molecule has 0 fully saturated rings. The molecule has 0 saturated carbocycles. The highest BCUT2D eigenvalue weighted by Crippen LogP contribution is 2.29. The van der Waals surface area contributed by atoms with E-state index in [9.17, 15) is 0 Å². The van der Waals surface area contributed by atoms with Gasteiger partial charge in [0.1, 0.15) is 0 Å². The average molecular weight is 302 g/mol. The minimum absolute atomic E-state index is 0.832. The molecule has 92 valence electrons. The molecular formula is C16H16BrN. The second-order valence-electron chi connectivity index (χ2n) is 4.51. The van der Waals surface area contributed by atoms with Crippen LogP contribution in [-0.2, 0) is 0 Å². The predicted molar refractivity (Wildman–Crippen MR) is 82.6 cm³/mol. The Bertz CT molecular complexity index is 614. The van der Waals surface area contributed by atoms with Crippen LogP contribution < -0.4 is 5.73 Å². The van der Waals surface area contributed by atoms with Gasteiger partial charge in [-0.3, -0.25) is 0 Å². The van der Waals surface area contributed by atoms with Crippen LogP contribution in [0.15, 0.2) is 47.4 Å². The normalized spacial score (nSPS) is 10.4. The fourth-order valence-corrected chi connectivity index (χ4v) is 2.39. The van der Waals surface area contributed by atoms with Crippen molar-refractivity contribution in [3.63, 3.8) is 0 Å². The van der Waals surface area contributed by atoms with Crippen LogP contribution in [0.1, 0.15) is 22.3 Å². The molecule has 0 aliphatic heterocycles. The molecule has 0 unspecified atom stereocenters. The topological polar surface area (TPSA) is 26.0 Å². The monoisotopic (exact) mass is 301 g/mol. The van der Waals surface area contributed by atoms with Crippen molar-refractivity contribution >= 4 is 27.2 Å². The van der Waals surface area contributed by atoms with Gasteiger partial charge in [-0.05, 0) is 65.9 Å². The maximum absolute atomic E-state index is 5.92. The van der Waals surface area contributed by atoms with E-state index in [4.69, 9.17) is 5.73 Å². The maximum Gasteiger partial charge on any atom is 0.0346 e. The van der Waals surface area contributed by atoms with Gasteiger partial charge in [-0.15, -0.1) is 0 Å². The van der Waals surface area contributed by atoms with Crippen LogP contribution in [0.3, 0.4) is 0 Å². The molecule has 0 radical (unpaired) electrons. The van der Waals surface area contributed by atoms with Gasteiger partial charge in [0.25, 0.3) is 0 Å². The van der Waals surface area contributed by atoms with E-state index in [1.165, 1.54) is 0 Å². The molecule has 0 aliphatic rings. The third-order valence-corrected chi connectivity index (χ3v) is 3.60. The zero-order valence-corrected chi connectivity index (χ0v) is 12.2. The molecule has 0 aliphatic carbocycles. The second-order valence-corrected chi connectivity index (χ2v) is 5.43. The molecule has 1 nitrogen and oxygen atoms in total. The van der Waals surface area contributed by atoms with E-state index in [1.54, 1.807) is 0 Å². The summed E-state index contributed by atoms with van der Waals surface area (Å²) in [6.45, 7) is 8.29. The zero-order valence-electron chi connectivity index (χ0n) is 10.6. The highest BCUT2D eigenvalue weighted by molar-refractivity contribution is 9.10. The van der Waals surface area contributed by atoms with E-state index in [-0.39, 0.29) is 0 Å². The number of nitrogen functional groups attached to an aromatic ring is 1. The van der Waals surface area contributed by atoms with E-state index in [0.29, 0.717) is 0 Å². The summed E-state index contributed by atoms with van der Waals surface area (Å²) in [5, 5.41) is 0. The van der Waals surface area contributed by atoms with Crippen molar-refractivity contribution in [3.05, 3.63) is 69.7 Å². The number of hydrogen-bond donors (Lipinski definition) is 1. The van der Waals surface area contributed by atoms with E-state index in [1.807, 2.05) is 25.1 Å². The van der Waals surface area contributed by atoms with E-state index in [2.05, 4.69) is 47.6 Å². The van der Waals surface area contributed by atoms with E-state index < -0.39 is 0 Å². The van der Waals surface area contributed by atoms with Crippen LogP contribution in [0.25, 0.3) is 5.57 Å². The molecule has 0 saturated heterocycles. The minimum atomic E-state index is 0.832. The van der Waals surface area contributed by atoms with Crippen molar-refractivity contribution in [2.75, 3.05) is 5.73 Å². The first-order chi connectivity index (χ1) is 8.49. The summed E-state index contributed by atoms with van der Waals surface area (Å²) >= 11 is 3.49. The molecule has 0 bridgehead atoms. The first kappa shape index (κ1) is 12.9. The molecule has 2 heteroatoms. The first-order valence-corrected chi connectivity index (χ1v) is 6.60. The van der Waals surface area contributed by atoms with Crippen molar-refractivity contribution < 1.29 is 0 Å². The Morgan fingerprint density at radius 3 is 2.50 bits per heavy atom. The molecule has 0 spiro atoms. The number of rotatable bonds is 2. The molecule has 2 aromatic carbocycles. The Morgan fingerprint density at radius 1 is 1.11 bits per heavy atom. The lowest BCUT2D eigenvalue weighted by Crippen LogP contribution is -1.96. The predicted octanol–water partition coefficient (Wildman–Crippen LogP) is 4.71. The molecule has 0 heterocycles. The van der Waals surface area contributed by atoms with Crippen LogP contribution in [0, 0.1) is 13.8 Å². The number of halogens is 1. The lowest BCUT2D eigenvalue weighted by Gasteiger charge is -2.13. The van der Waals surface area contributed by atoms with Crippen LogP contribution in [0.5, 0.6) is 0 Å². The summed E-state index contributed by atoms with van der Waals surface area (Å²) < 4.78 is 1.06. The zero-order chi connectivity index (χ0) is 13.3. The third-order valence-electron chi connectivity index (χ3n) is 3.11. The van der Waals surface area contributed by atoms with Crippen LogP contribution >= 0.6 is 15.9 Å². The van der Waals surface area contributed by atoms with Gasteiger partial charge in [-0.2, -0.15) is 0 Å². The summed E-state index contributed by atoms with van der Waals surface area (Å²) in [5.41, 5.74) is 12.3. The van der Waals surface area contributed by atoms with Gasteiger partial charge in [0, 0.05) is 10.2 Å². The van der Waals surface area contributed by atoms with Gasteiger partial charge in [0.2, 0.25) is 0 Å². The number of nitrogens with two attached hydrogens (primary N) is 1.